The summed E-state index contributed by atoms with van der Waals surface area (Å²) in [7, 11) is 0. The topological polar surface area (TPSA) is 104 Å². The second-order valence-electron chi connectivity index (χ2n) is 8.30. The molecule has 1 aliphatic heterocycles. The van der Waals surface area contributed by atoms with E-state index in [-0.39, 0.29) is 17.9 Å². The second kappa shape index (κ2) is 11.0. The van der Waals surface area contributed by atoms with E-state index in [1.54, 1.807) is 24.3 Å². The van der Waals surface area contributed by atoms with E-state index >= 15 is 0 Å². The van der Waals surface area contributed by atoms with Crippen LogP contribution in [-0.4, -0.2) is 71.0 Å². The first-order valence-electron chi connectivity index (χ1n) is 11.6. The molecule has 0 aliphatic carbocycles. The molecule has 1 aromatic heterocycles. The molecule has 1 unspecified atom stereocenters. The first-order chi connectivity index (χ1) is 16.5. The highest BCUT2D eigenvalue weighted by Crippen LogP contribution is 2.23. The van der Waals surface area contributed by atoms with Crippen molar-refractivity contribution >= 4 is 17.5 Å². The van der Waals surface area contributed by atoms with Crippen molar-refractivity contribution in [3.8, 4) is 11.4 Å². The average molecular weight is 463 g/mol. The third-order valence-corrected chi connectivity index (χ3v) is 5.90. The van der Waals surface area contributed by atoms with Crippen molar-refractivity contribution in [2.75, 3.05) is 44.6 Å². The van der Waals surface area contributed by atoms with Crippen LogP contribution < -0.4 is 10.6 Å². The van der Waals surface area contributed by atoms with Gasteiger partial charge in [-0.05, 0) is 32.0 Å². The standard InChI is InChI=1S/C25H30N6O3/c1-3-26-24(33)20-10-7-11-21(16-20)27-22(32)17-30-12-14-31(15-13-30)18(2)25-28-23(29-34-25)19-8-5-4-6-9-19/h4-11,16,18H,3,12-15,17H2,1-2H3,(H,26,33)(H,27,32). The van der Waals surface area contributed by atoms with E-state index in [1.165, 1.54) is 0 Å². The van der Waals surface area contributed by atoms with E-state index in [2.05, 4.69) is 37.5 Å². The lowest BCUT2D eigenvalue weighted by Gasteiger charge is -2.36. The number of nitrogens with zero attached hydrogens (tertiary/aromatic N) is 4. The molecule has 2 aromatic carbocycles. The fourth-order valence-corrected chi connectivity index (χ4v) is 3.98. The average Bonchev–Trinajstić information content (AvgIpc) is 3.35. The number of hydrogen-bond donors (Lipinski definition) is 2. The summed E-state index contributed by atoms with van der Waals surface area (Å²) in [4.78, 5) is 33.6. The van der Waals surface area contributed by atoms with Crippen LogP contribution in [0.25, 0.3) is 11.4 Å². The van der Waals surface area contributed by atoms with Crippen LogP contribution in [0.5, 0.6) is 0 Å². The summed E-state index contributed by atoms with van der Waals surface area (Å²) in [5.41, 5.74) is 2.07. The van der Waals surface area contributed by atoms with Gasteiger partial charge in [-0.15, -0.1) is 0 Å². The van der Waals surface area contributed by atoms with Crippen LogP contribution in [0.3, 0.4) is 0 Å². The molecule has 9 nitrogen and oxygen atoms in total. The summed E-state index contributed by atoms with van der Waals surface area (Å²) in [6.45, 7) is 7.90. The van der Waals surface area contributed by atoms with Gasteiger partial charge in [-0.2, -0.15) is 4.98 Å². The zero-order valence-electron chi connectivity index (χ0n) is 19.5. The Kier molecular flexibility index (Phi) is 7.66. The number of rotatable bonds is 8. The third-order valence-electron chi connectivity index (χ3n) is 5.90. The zero-order chi connectivity index (χ0) is 23.9. The van der Waals surface area contributed by atoms with Crippen LogP contribution in [-0.2, 0) is 4.79 Å². The zero-order valence-corrected chi connectivity index (χ0v) is 19.5. The van der Waals surface area contributed by atoms with E-state index in [0.29, 0.717) is 36.1 Å². The Morgan fingerprint density at radius 2 is 1.82 bits per heavy atom. The number of nitrogens with one attached hydrogen (secondary N) is 2. The Morgan fingerprint density at radius 3 is 2.56 bits per heavy atom. The molecule has 1 aliphatic rings. The Balaban J connectivity index is 1.26. The minimum atomic E-state index is -0.152. The Hall–Kier alpha value is -3.56. The van der Waals surface area contributed by atoms with Crippen LogP contribution in [0.1, 0.15) is 36.1 Å². The van der Waals surface area contributed by atoms with Gasteiger partial charge in [0.05, 0.1) is 12.6 Å². The van der Waals surface area contributed by atoms with Gasteiger partial charge in [-0.25, -0.2) is 0 Å². The van der Waals surface area contributed by atoms with Gasteiger partial charge in [0.25, 0.3) is 5.91 Å². The van der Waals surface area contributed by atoms with Crippen molar-refractivity contribution in [1.29, 1.82) is 0 Å². The number of hydrogen-bond acceptors (Lipinski definition) is 7. The monoisotopic (exact) mass is 462 g/mol. The first kappa shape index (κ1) is 23.6. The molecule has 9 heteroatoms. The summed E-state index contributed by atoms with van der Waals surface area (Å²) in [5.74, 6) is 0.936. The lowest BCUT2D eigenvalue weighted by Crippen LogP contribution is -2.49. The fourth-order valence-electron chi connectivity index (χ4n) is 3.98. The largest absolute Gasteiger partial charge is 0.352 e. The molecule has 1 atom stereocenters. The van der Waals surface area contributed by atoms with Gasteiger partial charge >= 0.3 is 0 Å². The van der Waals surface area contributed by atoms with Gasteiger partial charge in [0.2, 0.25) is 17.6 Å². The summed E-state index contributed by atoms with van der Waals surface area (Å²) >= 11 is 0. The maximum Gasteiger partial charge on any atom is 0.251 e. The number of carbonyl (C=O) groups excluding carboxylic acids is 2. The van der Waals surface area contributed by atoms with Crippen LogP contribution in [0.2, 0.25) is 0 Å². The molecule has 2 amide bonds. The lowest BCUT2D eigenvalue weighted by molar-refractivity contribution is -0.117. The van der Waals surface area contributed by atoms with Gasteiger partial charge in [0, 0.05) is 49.5 Å². The Labute approximate surface area is 199 Å². The second-order valence-corrected chi connectivity index (χ2v) is 8.30. The minimum Gasteiger partial charge on any atom is -0.352 e. The number of anilines is 1. The molecule has 178 valence electrons. The molecule has 4 rings (SSSR count). The normalized spacial score (nSPS) is 15.6. The van der Waals surface area contributed by atoms with E-state index < -0.39 is 0 Å². The highest BCUT2D eigenvalue weighted by atomic mass is 16.5. The van der Waals surface area contributed by atoms with Crippen LogP contribution in [0.4, 0.5) is 5.69 Å². The Bertz CT molecular complexity index is 1110. The van der Waals surface area contributed by atoms with E-state index in [9.17, 15) is 9.59 Å². The van der Waals surface area contributed by atoms with E-state index in [0.717, 1.165) is 31.7 Å². The molecular weight excluding hydrogens is 432 g/mol. The summed E-state index contributed by atoms with van der Waals surface area (Å²) in [6, 6.07) is 16.7. The molecule has 0 spiro atoms. The number of amides is 2. The molecule has 2 heterocycles. The SMILES string of the molecule is CCNC(=O)c1cccc(NC(=O)CN2CCN(C(C)c3nc(-c4ccccc4)no3)CC2)c1. The molecule has 0 saturated carbocycles. The van der Waals surface area contributed by atoms with E-state index in [1.807, 2.05) is 37.3 Å². The van der Waals surface area contributed by atoms with Crippen molar-refractivity contribution in [2.24, 2.45) is 0 Å². The van der Waals surface area contributed by atoms with E-state index in [4.69, 9.17) is 4.52 Å². The molecule has 0 bridgehead atoms. The van der Waals surface area contributed by atoms with Gasteiger partial charge < -0.3 is 15.2 Å². The van der Waals surface area contributed by atoms with Gasteiger partial charge in [-0.1, -0.05) is 41.6 Å². The summed E-state index contributed by atoms with van der Waals surface area (Å²) in [5, 5.41) is 9.78. The predicted molar refractivity (Wildman–Crippen MR) is 129 cm³/mol. The van der Waals surface area contributed by atoms with Crippen LogP contribution in [0, 0.1) is 0 Å². The molecule has 34 heavy (non-hydrogen) atoms. The molecule has 1 saturated heterocycles. The highest BCUT2D eigenvalue weighted by Gasteiger charge is 2.26. The van der Waals surface area contributed by atoms with Crippen molar-refractivity contribution in [3.63, 3.8) is 0 Å². The van der Waals surface area contributed by atoms with Crippen LogP contribution >= 0.6 is 0 Å². The fraction of sp³-hybridized carbons (Fsp3) is 0.360. The predicted octanol–water partition coefficient (Wildman–Crippen LogP) is 2.80. The van der Waals surface area contributed by atoms with Gasteiger partial charge in [-0.3, -0.25) is 19.4 Å². The number of benzene rings is 2. The molecule has 1 fully saturated rings. The lowest BCUT2D eigenvalue weighted by atomic mass is 10.2. The first-order valence-corrected chi connectivity index (χ1v) is 11.6. The molecule has 2 N–H and O–H groups in total. The third kappa shape index (κ3) is 5.86. The maximum atomic E-state index is 12.6. The minimum absolute atomic E-state index is 0.00190. The summed E-state index contributed by atoms with van der Waals surface area (Å²) < 4.78 is 5.52. The summed E-state index contributed by atoms with van der Waals surface area (Å²) in [6.07, 6.45) is 0. The van der Waals surface area contributed by atoms with Gasteiger partial charge in [0.15, 0.2) is 0 Å². The maximum absolute atomic E-state index is 12.6. The van der Waals surface area contributed by atoms with Crippen molar-refractivity contribution in [1.82, 2.24) is 25.3 Å². The van der Waals surface area contributed by atoms with Crippen molar-refractivity contribution < 1.29 is 14.1 Å². The number of carbonyl (C=O) groups is 2. The van der Waals surface area contributed by atoms with Gasteiger partial charge in [0.1, 0.15) is 0 Å². The number of piperazine rings is 1. The highest BCUT2D eigenvalue weighted by molar-refractivity contribution is 5.97. The molecule has 3 aromatic rings. The Morgan fingerprint density at radius 1 is 1.06 bits per heavy atom. The van der Waals surface area contributed by atoms with Crippen LogP contribution in [0.15, 0.2) is 59.1 Å². The smallest absolute Gasteiger partial charge is 0.251 e. The molecular formula is C25H30N6O3. The number of aromatic nitrogens is 2. The van der Waals surface area contributed by atoms with Crippen molar-refractivity contribution in [2.45, 2.75) is 19.9 Å². The molecule has 0 radical (unpaired) electrons. The quantitative estimate of drug-likeness (QED) is 0.531. The van der Waals surface area contributed by atoms with Crippen molar-refractivity contribution in [3.05, 3.63) is 66.1 Å².